The quantitative estimate of drug-likeness (QED) is 0.790. The third-order valence-electron chi connectivity index (χ3n) is 4.94. The normalized spacial score (nSPS) is 17.3. The summed E-state index contributed by atoms with van der Waals surface area (Å²) in [6.45, 7) is 4.74. The predicted molar refractivity (Wildman–Crippen MR) is 113 cm³/mol. The van der Waals surface area contributed by atoms with Crippen molar-refractivity contribution in [1.29, 1.82) is 0 Å². The fraction of sp³-hybridized carbons (Fsp3) is 0.455. The van der Waals surface area contributed by atoms with Crippen LogP contribution in [-0.2, 0) is 17.1 Å². The van der Waals surface area contributed by atoms with Gasteiger partial charge in [-0.25, -0.2) is 0 Å². The van der Waals surface area contributed by atoms with Gasteiger partial charge in [0.25, 0.3) is 0 Å². The van der Waals surface area contributed by atoms with Gasteiger partial charge in [-0.2, -0.15) is 0 Å². The summed E-state index contributed by atoms with van der Waals surface area (Å²) >= 11 is 1.70. The van der Waals surface area contributed by atoms with Crippen molar-refractivity contribution in [3.63, 3.8) is 0 Å². The number of rotatable bonds is 7. The highest BCUT2D eigenvalue weighted by molar-refractivity contribution is 7.99. The Morgan fingerprint density at radius 2 is 2.15 bits per heavy atom. The number of nitrogens with zero attached hydrogens (tertiary/aromatic N) is 2. The summed E-state index contributed by atoms with van der Waals surface area (Å²) < 4.78 is 0. The highest BCUT2D eigenvalue weighted by Gasteiger charge is 2.25. The fourth-order valence-corrected chi connectivity index (χ4v) is 4.40. The Kier molecular flexibility index (Phi) is 7.72. The standard InChI is InChI=1S/C22H29N3OS/c1-18-6-4-7-19(14-18)16-27-17-22(26)25(15-20-8-2-3-12-24-20)21-9-5-11-23-13-10-21/h2-4,6-8,12,14,21,23H,5,9-11,13,15-17H2,1H3. The zero-order valence-corrected chi connectivity index (χ0v) is 16.9. The summed E-state index contributed by atoms with van der Waals surface area (Å²) in [5.41, 5.74) is 3.51. The molecule has 1 aliphatic heterocycles. The molecule has 1 fully saturated rings. The minimum Gasteiger partial charge on any atom is -0.333 e. The summed E-state index contributed by atoms with van der Waals surface area (Å²) in [4.78, 5) is 19.6. The minimum absolute atomic E-state index is 0.227. The lowest BCUT2D eigenvalue weighted by molar-refractivity contribution is -0.131. The molecule has 27 heavy (non-hydrogen) atoms. The molecular weight excluding hydrogens is 354 g/mol. The second-order valence-corrected chi connectivity index (χ2v) is 8.14. The molecule has 0 aliphatic carbocycles. The fourth-order valence-electron chi connectivity index (χ4n) is 3.54. The lowest BCUT2D eigenvalue weighted by Gasteiger charge is -2.31. The minimum atomic E-state index is 0.227. The van der Waals surface area contributed by atoms with Crippen molar-refractivity contribution in [2.24, 2.45) is 0 Å². The summed E-state index contributed by atoms with van der Waals surface area (Å²) in [6.07, 6.45) is 5.00. The van der Waals surface area contributed by atoms with E-state index in [1.54, 1.807) is 18.0 Å². The molecule has 1 N–H and O–H groups in total. The average molecular weight is 384 g/mol. The highest BCUT2D eigenvalue weighted by atomic mass is 32.2. The summed E-state index contributed by atoms with van der Waals surface area (Å²) in [5, 5.41) is 3.45. The van der Waals surface area contributed by atoms with Crippen LogP contribution in [0.5, 0.6) is 0 Å². The smallest absolute Gasteiger partial charge is 0.233 e. The first-order valence-corrected chi connectivity index (χ1v) is 10.9. The second kappa shape index (κ2) is 10.5. The van der Waals surface area contributed by atoms with Crippen molar-refractivity contribution in [3.8, 4) is 0 Å². The van der Waals surface area contributed by atoms with Crippen LogP contribution in [0.1, 0.15) is 36.1 Å². The van der Waals surface area contributed by atoms with Gasteiger partial charge in [-0.1, -0.05) is 35.9 Å². The maximum absolute atomic E-state index is 13.1. The molecule has 1 amide bonds. The van der Waals surface area contributed by atoms with Gasteiger partial charge in [0.2, 0.25) is 5.91 Å². The number of carbonyl (C=O) groups is 1. The van der Waals surface area contributed by atoms with E-state index in [0.717, 1.165) is 43.8 Å². The molecule has 1 aliphatic rings. The topological polar surface area (TPSA) is 45.2 Å². The van der Waals surface area contributed by atoms with Crippen LogP contribution in [0.2, 0.25) is 0 Å². The van der Waals surface area contributed by atoms with Crippen LogP contribution < -0.4 is 5.32 Å². The average Bonchev–Trinajstić information content (AvgIpc) is 2.96. The molecule has 1 saturated heterocycles. The first-order chi connectivity index (χ1) is 13.2. The van der Waals surface area contributed by atoms with Crippen molar-refractivity contribution >= 4 is 17.7 Å². The SMILES string of the molecule is Cc1cccc(CSCC(=O)N(Cc2ccccn2)C2CCCNCC2)c1. The van der Waals surface area contributed by atoms with Crippen LogP contribution >= 0.6 is 11.8 Å². The van der Waals surface area contributed by atoms with Crippen molar-refractivity contribution in [2.75, 3.05) is 18.8 Å². The molecule has 0 bridgehead atoms. The van der Waals surface area contributed by atoms with E-state index in [4.69, 9.17) is 0 Å². The van der Waals surface area contributed by atoms with Crippen molar-refractivity contribution < 1.29 is 4.79 Å². The molecule has 5 heteroatoms. The second-order valence-electron chi connectivity index (χ2n) is 7.16. The Morgan fingerprint density at radius 1 is 1.22 bits per heavy atom. The van der Waals surface area contributed by atoms with E-state index in [0.29, 0.717) is 18.3 Å². The molecule has 0 spiro atoms. The molecule has 1 aromatic heterocycles. The molecule has 3 rings (SSSR count). The molecule has 0 saturated carbocycles. The largest absolute Gasteiger partial charge is 0.333 e. The van der Waals surface area contributed by atoms with Crippen LogP contribution in [0.15, 0.2) is 48.7 Å². The zero-order chi connectivity index (χ0) is 18.9. The molecular formula is C22H29N3OS. The monoisotopic (exact) mass is 383 g/mol. The first-order valence-electron chi connectivity index (χ1n) is 9.76. The molecule has 0 radical (unpaired) electrons. The predicted octanol–water partition coefficient (Wildman–Crippen LogP) is 3.79. The van der Waals surface area contributed by atoms with Gasteiger partial charge in [-0.15, -0.1) is 11.8 Å². The number of carbonyl (C=O) groups excluding carboxylic acids is 1. The Balaban J connectivity index is 1.62. The Labute approximate surface area is 166 Å². The molecule has 2 aromatic rings. The van der Waals surface area contributed by atoms with E-state index in [2.05, 4.69) is 46.4 Å². The maximum Gasteiger partial charge on any atom is 0.233 e. The highest BCUT2D eigenvalue weighted by Crippen LogP contribution is 2.20. The lowest BCUT2D eigenvalue weighted by Crippen LogP contribution is -2.41. The number of amides is 1. The van der Waals surface area contributed by atoms with Crippen LogP contribution in [-0.4, -0.2) is 40.7 Å². The van der Waals surface area contributed by atoms with E-state index < -0.39 is 0 Å². The molecule has 1 aromatic carbocycles. The summed E-state index contributed by atoms with van der Waals surface area (Å²) in [5.74, 6) is 1.62. The van der Waals surface area contributed by atoms with Crippen LogP contribution in [0.25, 0.3) is 0 Å². The Hall–Kier alpha value is -1.85. The molecule has 1 atom stereocenters. The van der Waals surface area contributed by atoms with E-state index >= 15 is 0 Å². The van der Waals surface area contributed by atoms with Crippen LogP contribution in [0.3, 0.4) is 0 Å². The number of pyridine rings is 1. The van der Waals surface area contributed by atoms with E-state index in [1.807, 2.05) is 18.2 Å². The van der Waals surface area contributed by atoms with Crippen molar-refractivity contribution in [2.45, 2.75) is 44.5 Å². The summed E-state index contributed by atoms with van der Waals surface area (Å²) in [6, 6.07) is 14.7. The molecule has 2 heterocycles. The zero-order valence-electron chi connectivity index (χ0n) is 16.1. The van der Waals surface area contributed by atoms with E-state index in [1.165, 1.54) is 11.1 Å². The molecule has 4 nitrogen and oxygen atoms in total. The maximum atomic E-state index is 13.1. The Morgan fingerprint density at radius 3 is 2.96 bits per heavy atom. The van der Waals surface area contributed by atoms with Gasteiger partial charge in [0, 0.05) is 18.0 Å². The lowest BCUT2D eigenvalue weighted by atomic mass is 10.1. The number of benzene rings is 1. The number of thioether (sulfide) groups is 1. The third kappa shape index (κ3) is 6.36. The number of aryl methyl sites for hydroxylation is 1. The number of hydrogen-bond acceptors (Lipinski definition) is 4. The molecule has 1 unspecified atom stereocenters. The summed E-state index contributed by atoms with van der Waals surface area (Å²) in [7, 11) is 0. The third-order valence-corrected chi connectivity index (χ3v) is 5.93. The van der Waals surface area contributed by atoms with Gasteiger partial charge in [-0.05, 0) is 57.0 Å². The van der Waals surface area contributed by atoms with Crippen LogP contribution in [0.4, 0.5) is 0 Å². The van der Waals surface area contributed by atoms with Gasteiger partial charge < -0.3 is 10.2 Å². The first kappa shape index (κ1) is 19.9. The van der Waals surface area contributed by atoms with E-state index in [-0.39, 0.29) is 5.91 Å². The van der Waals surface area contributed by atoms with Gasteiger partial charge in [0.05, 0.1) is 18.0 Å². The molecule has 144 valence electrons. The Bertz CT molecular complexity index is 715. The van der Waals surface area contributed by atoms with Gasteiger partial charge in [0.15, 0.2) is 0 Å². The van der Waals surface area contributed by atoms with Crippen molar-refractivity contribution in [3.05, 3.63) is 65.5 Å². The van der Waals surface area contributed by atoms with Gasteiger partial charge in [0.1, 0.15) is 0 Å². The van der Waals surface area contributed by atoms with Gasteiger partial charge >= 0.3 is 0 Å². The van der Waals surface area contributed by atoms with Gasteiger partial charge in [-0.3, -0.25) is 9.78 Å². The van der Waals surface area contributed by atoms with Crippen LogP contribution in [0, 0.1) is 6.92 Å². The number of hydrogen-bond donors (Lipinski definition) is 1. The van der Waals surface area contributed by atoms with Crippen molar-refractivity contribution in [1.82, 2.24) is 15.2 Å². The number of aromatic nitrogens is 1. The van der Waals surface area contributed by atoms with E-state index in [9.17, 15) is 4.79 Å². The number of nitrogens with one attached hydrogen (secondary N) is 1.